The van der Waals surface area contributed by atoms with E-state index in [-0.39, 0.29) is 11.8 Å². The van der Waals surface area contributed by atoms with Crippen molar-refractivity contribution >= 4 is 5.69 Å². The van der Waals surface area contributed by atoms with E-state index in [0.29, 0.717) is 18.9 Å². The van der Waals surface area contributed by atoms with Gasteiger partial charge in [-0.15, -0.1) is 0 Å². The van der Waals surface area contributed by atoms with Gasteiger partial charge in [0, 0.05) is 19.2 Å². The number of nitro groups is 1. The predicted octanol–water partition coefficient (Wildman–Crippen LogP) is 2.65. The summed E-state index contributed by atoms with van der Waals surface area (Å²) in [6.45, 7) is 4.65. The molecule has 1 aromatic carbocycles. The first kappa shape index (κ1) is 15.7. The molecule has 0 aliphatic carbocycles. The van der Waals surface area contributed by atoms with Gasteiger partial charge in [-0.1, -0.05) is 13.0 Å². The van der Waals surface area contributed by atoms with E-state index in [9.17, 15) is 10.1 Å². The lowest BCUT2D eigenvalue weighted by Crippen LogP contribution is -2.26. The Morgan fingerprint density at radius 1 is 1.48 bits per heavy atom. The van der Waals surface area contributed by atoms with Gasteiger partial charge in [0.15, 0.2) is 5.75 Å². The van der Waals surface area contributed by atoms with Crippen molar-refractivity contribution in [2.24, 2.45) is 0 Å². The topological polar surface area (TPSA) is 73.6 Å². The number of rotatable bonds is 7. The molecule has 1 atom stereocenters. The summed E-state index contributed by atoms with van der Waals surface area (Å²) in [5.41, 5.74) is 0.980. The molecule has 6 heteroatoms. The summed E-state index contributed by atoms with van der Waals surface area (Å²) < 4.78 is 11.3. The second-order valence-electron chi connectivity index (χ2n) is 5.14. The molecular weight excluding hydrogens is 272 g/mol. The van der Waals surface area contributed by atoms with Crippen molar-refractivity contribution in [3.05, 3.63) is 33.9 Å². The highest BCUT2D eigenvalue weighted by molar-refractivity contribution is 5.48. The van der Waals surface area contributed by atoms with E-state index >= 15 is 0 Å². The molecule has 116 valence electrons. The lowest BCUT2D eigenvalue weighted by atomic mass is 10.1. The Hall–Kier alpha value is -1.66. The van der Waals surface area contributed by atoms with Crippen LogP contribution in [0.25, 0.3) is 0 Å². The fraction of sp³-hybridized carbons (Fsp3) is 0.600. The molecule has 21 heavy (non-hydrogen) atoms. The molecule has 1 fully saturated rings. The molecule has 0 bridgehead atoms. The Balaban J connectivity index is 2.04. The molecule has 6 nitrogen and oxygen atoms in total. The summed E-state index contributed by atoms with van der Waals surface area (Å²) in [6.07, 6.45) is 3.19. The predicted molar refractivity (Wildman–Crippen MR) is 79.6 cm³/mol. The zero-order valence-corrected chi connectivity index (χ0v) is 12.3. The van der Waals surface area contributed by atoms with E-state index in [2.05, 4.69) is 5.32 Å². The summed E-state index contributed by atoms with van der Waals surface area (Å²) in [4.78, 5) is 10.7. The number of ether oxygens (including phenoxy) is 2. The van der Waals surface area contributed by atoms with E-state index in [1.807, 2.05) is 6.92 Å². The van der Waals surface area contributed by atoms with Gasteiger partial charge in [0.2, 0.25) is 0 Å². The summed E-state index contributed by atoms with van der Waals surface area (Å²) >= 11 is 0. The van der Waals surface area contributed by atoms with E-state index in [4.69, 9.17) is 9.47 Å². The van der Waals surface area contributed by atoms with Crippen LogP contribution in [0.3, 0.4) is 0 Å². The van der Waals surface area contributed by atoms with Gasteiger partial charge in [0.25, 0.3) is 0 Å². The number of nitrogens with zero attached hydrogens (tertiary/aromatic N) is 1. The first-order valence-corrected chi connectivity index (χ1v) is 7.43. The minimum atomic E-state index is -0.409. The van der Waals surface area contributed by atoms with Gasteiger partial charge in [0.1, 0.15) is 6.61 Å². The second kappa shape index (κ2) is 7.95. The third kappa shape index (κ3) is 4.68. The van der Waals surface area contributed by atoms with Crippen LogP contribution >= 0.6 is 0 Å². The third-order valence-corrected chi connectivity index (χ3v) is 3.50. The largest absolute Gasteiger partial charge is 0.484 e. The van der Waals surface area contributed by atoms with Crippen molar-refractivity contribution < 1.29 is 14.4 Å². The third-order valence-electron chi connectivity index (χ3n) is 3.50. The van der Waals surface area contributed by atoms with Crippen molar-refractivity contribution in [3.63, 3.8) is 0 Å². The lowest BCUT2D eigenvalue weighted by molar-refractivity contribution is -0.386. The van der Waals surface area contributed by atoms with E-state index < -0.39 is 4.92 Å². The Morgan fingerprint density at radius 3 is 3.00 bits per heavy atom. The molecule has 1 heterocycles. The van der Waals surface area contributed by atoms with Crippen LogP contribution in [0.4, 0.5) is 5.69 Å². The lowest BCUT2D eigenvalue weighted by Gasteiger charge is -2.22. The number of hydrogen-bond donors (Lipinski definition) is 1. The zero-order valence-electron chi connectivity index (χ0n) is 12.3. The van der Waals surface area contributed by atoms with Gasteiger partial charge in [-0.3, -0.25) is 10.1 Å². The molecule has 0 aromatic heterocycles. The van der Waals surface area contributed by atoms with Crippen molar-refractivity contribution in [1.29, 1.82) is 0 Å². The van der Waals surface area contributed by atoms with Gasteiger partial charge in [-0.2, -0.15) is 0 Å². The monoisotopic (exact) mass is 294 g/mol. The van der Waals surface area contributed by atoms with Crippen LogP contribution in [0, 0.1) is 10.1 Å². The Kier molecular flexibility index (Phi) is 5.95. The minimum Gasteiger partial charge on any atom is -0.484 e. The molecule has 1 aliphatic rings. The SMILES string of the molecule is CCNCc1ccc([N+](=O)[O-])c(OCC2CCCCO2)c1. The Morgan fingerprint density at radius 2 is 2.33 bits per heavy atom. The van der Waals surface area contributed by atoms with Crippen LogP contribution in [-0.2, 0) is 11.3 Å². The molecule has 1 N–H and O–H groups in total. The van der Waals surface area contributed by atoms with Crippen LogP contribution in [-0.4, -0.2) is 30.8 Å². The fourth-order valence-corrected chi connectivity index (χ4v) is 2.33. The summed E-state index contributed by atoms with van der Waals surface area (Å²) in [5.74, 6) is 0.324. The number of hydrogen-bond acceptors (Lipinski definition) is 5. The normalized spacial score (nSPS) is 18.4. The average molecular weight is 294 g/mol. The first-order valence-electron chi connectivity index (χ1n) is 7.43. The van der Waals surface area contributed by atoms with Crippen molar-refractivity contribution in [3.8, 4) is 5.75 Å². The van der Waals surface area contributed by atoms with E-state index in [1.54, 1.807) is 12.1 Å². The van der Waals surface area contributed by atoms with Gasteiger partial charge < -0.3 is 14.8 Å². The number of benzene rings is 1. The highest BCUT2D eigenvalue weighted by Gasteiger charge is 2.19. The van der Waals surface area contributed by atoms with Crippen LogP contribution in [0.5, 0.6) is 5.75 Å². The molecule has 2 rings (SSSR count). The van der Waals surface area contributed by atoms with Crippen LogP contribution in [0.2, 0.25) is 0 Å². The molecule has 0 saturated carbocycles. The van der Waals surface area contributed by atoms with Crippen molar-refractivity contribution in [2.75, 3.05) is 19.8 Å². The summed E-state index contributed by atoms with van der Waals surface area (Å²) in [5, 5.41) is 14.3. The molecule has 1 aromatic rings. The number of nitro benzene ring substituents is 1. The van der Waals surface area contributed by atoms with Crippen LogP contribution in [0.15, 0.2) is 18.2 Å². The summed E-state index contributed by atoms with van der Waals surface area (Å²) in [6, 6.07) is 5.00. The van der Waals surface area contributed by atoms with Gasteiger partial charge in [-0.05, 0) is 37.4 Å². The van der Waals surface area contributed by atoms with Crippen LogP contribution in [0.1, 0.15) is 31.7 Å². The Labute approximate surface area is 124 Å². The maximum Gasteiger partial charge on any atom is 0.310 e. The van der Waals surface area contributed by atoms with E-state index in [0.717, 1.165) is 38.0 Å². The molecule has 1 aliphatic heterocycles. The molecule has 0 radical (unpaired) electrons. The standard InChI is InChI=1S/C15H22N2O4/c1-2-16-10-12-6-7-14(17(18)19)15(9-12)21-11-13-5-3-4-8-20-13/h6-7,9,13,16H,2-5,8,10-11H2,1H3. The average Bonchev–Trinajstić information content (AvgIpc) is 2.51. The maximum atomic E-state index is 11.1. The second-order valence-corrected chi connectivity index (χ2v) is 5.14. The highest BCUT2D eigenvalue weighted by atomic mass is 16.6. The minimum absolute atomic E-state index is 0.00561. The molecule has 0 amide bonds. The van der Waals surface area contributed by atoms with Crippen LogP contribution < -0.4 is 10.1 Å². The van der Waals surface area contributed by atoms with Gasteiger partial charge in [-0.25, -0.2) is 0 Å². The van der Waals surface area contributed by atoms with E-state index in [1.165, 1.54) is 6.07 Å². The molecule has 1 unspecified atom stereocenters. The first-order chi connectivity index (χ1) is 10.2. The summed E-state index contributed by atoms with van der Waals surface area (Å²) in [7, 11) is 0. The highest BCUT2D eigenvalue weighted by Crippen LogP contribution is 2.28. The molecule has 1 saturated heterocycles. The number of nitrogens with one attached hydrogen (secondary N) is 1. The van der Waals surface area contributed by atoms with Crippen molar-refractivity contribution in [2.45, 2.75) is 38.8 Å². The quantitative estimate of drug-likeness (QED) is 0.618. The molecule has 0 spiro atoms. The fourth-order valence-electron chi connectivity index (χ4n) is 2.33. The Bertz CT molecular complexity index is 473. The zero-order chi connectivity index (χ0) is 15.1. The smallest absolute Gasteiger partial charge is 0.310 e. The molecular formula is C15H22N2O4. The maximum absolute atomic E-state index is 11.1. The van der Waals surface area contributed by atoms with Gasteiger partial charge in [0.05, 0.1) is 11.0 Å². The van der Waals surface area contributed by atoms with Crippen molar-refractivity contribution in [1.82, 2.24) is 5.32 Å². The van der Waals surface area contributed by atoms with Gasteiger partial charge >= 0.3 is 5.69 Å².